The molecule has 78 valence electrons. The van der Waals surface area contributed by atoms with Crippen molar-refractivity contribution in [3.05, 3.63) is 30.6 Å². The molecule has 0 aromatic carbocycles. The fourth-order valence-corrected chi connectivity index (χ4v) is 0. The van der Waals surface area contributed by atoms with Crippen molar-refractivity contribution in [2.24, 2.45) is 0 Å². The third-order valence-electron chi connectivity index (χ3n) is 0. The first-order valence-electron chi connectivity index (χ1n) is 1.43. The van der Waals surface area contributed by atoms with E-state index in [9.17, 15) is 0 Å². The molecule has 0 N–H and O–H groups in total. The van der Waals surface area contributed by atoms with Crippen molar-refractivity contribution in [2.45, 2.75) is 0 Å². The molecule has 0 aliphatic rings. The van der Waals surface area contributed by atoms with E-state index in [1.165, 1.54) is 0 Å². The Morgan fingerprint density at radius 3 is 0.750 bits per heavy atom. The summed E-state index contributed by atoms with van der Waals surface area (Å²) in [4.78, 5) is 16.5. The molecule has 0 saturated carbocycles. The van der Waals surface area contributed by atoms with Gasteiger partial charge < -0.3 is 30.6 Å². The van der Waals surface area contributed by atoms with Gasteiger partial charge in [0.25, 0.3) is 0 Å². The summed E-state index contributed by atoms with van der Waals surface area (Å²) in [7, 11) is 0. The molecule has 0 spiro atoms. The zero-order valence-corrected chi connectivity index (χ0v) is 8.07. The summed E-state index contributed by atoms with van der Waals surface area (Å²) in [6.07, 6.45) is 8.00. The molecule has 10 heteroatoms. The molecule has 0 aromatic rings. The second-order valence-electron chi connectivity index (χ2n) is 0.447. The summed E-state index contributed by atoms with van der Waals surface area (Å²) in [6, 6.07) is 0. The van der Waals surface area contributed by atoms with Gasteiger partial charge in [0.2, 0.25) is 0 Å². The fraction of sp³-hybridized carbons (Fsp3) is 0. The van der Waals surface area contributed by atoms with E-state index in [-0.39, 0.29) is 44.8 Å². The van der Waals surface area contributed by atoms with Gasteiger partial charge in [-0.25, -0.2) is 0 Å². The summed E-state index contributed by atoms with van der Waals surface area (Å²) >= 11 is 0. The summed E-state index contributed by atoms with van der Waals surface area (Å²) in [5.41, 5.74) is 0. The Morgan fingerprint density at radius 1 is 0.750 bits per heavy atom. The number of rotatable bonds is 0. The minimum Gasteiger partial charge on any atom is -0.356 e. The van der Waals surface area contributed by atoms with Crippen LogP contribution in [0.3, 0.4) is 0 Å². The van der Waals surface area contributed by atoms with Gasteiger partial charge in [0, 0.05) is 0 Å². The normalized spacial score (nSPS) is 4.17. The SMILES string of the molecule is C#C.O=[N+]([O-])[O-].O=[N+]([O-])[O-].[Ag+].[Ag+]. The van der Waals surface area contributed by atoms with Crippen molar-refractivity contribution in [1.82, 2.24) is 0 Å². The molecular weight excluding hydrogens is 364 g/mol. The Bertz CT molecular complexity index is 106. The average molecular weight is 366 g/mol. The van der Waals surface area contributed by atoms with E-state index in [0.29, 0.717) is 0 Å². The Hall–Kier alpha value is -0.559. The molecule has 0 heterocycles. The van der Waals surface area contributed by atoms with Crippen molar-refractivity contribution in [2.75, 3.05) is 0 Å². The first-order valence-corrected chi connectivity index (χ1v) is 1.43. The quantitative estimate of drug-likeness (QED) is 0.252. The molecule has 0 radical (unpaired) electrons. The topological polar surface area (TPSA) is 132 Å². The molecule has 0 rings (SSSR count). The minimum absolute atomic E-state index is 0. The molecular formula is C2H2Ag2N2O6. The zero-order valence-electron chi connectivity index (χ0n) is 5.10. The standard InChI is InChI=1S/C2H2.2Ag.2NO3/c1-2;;;2*2-1(3)4/h1-2H;;;;/q;2*+1;2*-1. The van der Waals surface area contributed by atoms with Crippen molar-refractivity contribution >= 4 is 0 Å². The molecule has 8 nitrogen and oxygen atoms in total. The van der Waals surface area contributed by atoms with E-state index in [2.05, 4.69) is 12.8 Å². The van der Waals surface area contributed by atoms with Crippen LogP contribution >= 0.6 is 0 Å². The number of hydrogen-bond acceptors (Lipinski definition) is 6. The Kier molecular flexibility index (Phi) is 78.8. The predicted molar refractivity (Wildman–Crippen MR) is 30.6 cm³/mol. The van der Waals surface area contributed by atoms with Gasteiger partial charge in [0.05, 0.1) is 10.2 Å². The van der Waals surface area contributed by atoms with E-state index < -0.39 is 10.2 Å². The van der Waals surface area contributed by atoms with Crippen LogP contribution in [-0.2, 0) is 44.8 Å². The smallest absolute Gasteiger partial charge is 0.356 e. The maximum absolute atomic E-state index is 8.25. The molecule has 0 aliphatic carbocycles. The maximum Gasteiger partial charge on any atom is 1.00 e. The molecule has 0 bridgehead atoms. The molecule has 0 amide bonds. The minimum atomic E-state index is -1.75. The number of hydrogen-bond donors (Lipinski definition) is 0. The summed E-state index contributed by atoms with van der Waals surface area (Å²) in [6.45, 7) is 0. The van der Waals surface area contributed by atoms with Crippen LogP contribution in [0, 0.1) is 43.5 Å². The third-order valence-corrected chi connectivity index (χ3v) is 0. The largest absolute Gasteiger partial charge is 1.00 e. The monoisotopic (exact) mass is 364 g/mol. The van der Waals surface area contributed by atoms with Crippen molar-refractivity contribution in [1.29, 1.82) is 0 Å². The summed E-state index contributed by atoms with van der Waals surface area (Å²) in [5, 5.41) is 29.5. The van der Waals surface area contributed by atoms with Crippen LogP contribution in [0.2, 0.25) is 0 Å². The van der Waals surface area contributed by atoms with E-state index >= 15 is 0 Å². The molecule has 0 unspecified atom stereocenters. The molecule has 0 aliphatic heterocycles. The van der Waals surface area contributed by atoms with Crippen molar-refractivity contribution in [3.63, 3.8) is 0 Å². The molecule has 0 fully saturated rings. The van der Waals surface area contributed by atoms with Gasteiger partial charge in [-0.1, -0.05) is 0 Å². The summed E-state index contributed by atoms with van der Waals surface area (Å²) in [5.74, 6) is 0. The first kappa shape index (κ1) is 30.1. The second-order valence-corrected chi connectivity index (χ2v) is 0.447. The number of terminal acetylenes is 1. The predicted octanol–water partition coefficient (Wildman–Crippen LogP) is -0.234. The van der Waals surface area contributed by atoms with Gasteiger partial charge in [-0.3, -0.25) is 0 Å². The van der Waals surface area contributed by atoms with Gasteiger partial charge in [0.15, 0.2) is 0 Å². The van der Waals surface area contributed by atoms with Gasteiger partial charge in [-0.15, -0.1) is 12.8 Å². The van der Waals surface area contributed by atoms with Crippen LogP contribution in [0.1, 0.15) is 0 Å². The fourth-order valence-electron chi connectivity index (χ4n) is 0. The molecule has 0 saturated heterocycles. The van der Waals surface area contributed by atoms with Crippen LogP contribution in [0.25, 0.3) is 0 Å². The van der Waals surface area contributed by atoms with E-state index in [1.54, 1.807) is 0 Å². The van der Waals surface area contributed by atoms with Gasteiger partial charge >= 0.3 is 44.8 Å². The Morgan fingerprint density at radius 2 is 0.750 bits per heavy atom. The Labute approximate surface area is 98.2 Å². The van der Waals surface area contributed by atoms with E-state index in [1.807, 2.05) is 0 Å². The van der Waals surface area contributed by atoms with Crippen LogP contribution < -0.4 is 0 Å². The van der Waals surface area contributed by atoms with E-state index in [4.69, 9.17) is 30.6 Å². The van der Waals surface area contributed by atoms with Gasteiger partial charge in [0.1, 0.15) is 0 Å². The van der Waals surface area contributed by atoms with Gasteiger partial charge in [-0.2, -0.15) is 0 Å². The molecule has 12 heavy (non-hydrogen) atoms. The van der Waals surface area contributed by atoms with Crippen LogP contribution in [-0.4, -0.2) is 10.2 Å². The first-order chi connectivity index (χ1) is 4.46. The second kappa shape index (κ2) is 31.4. The number of nitrogens with zero attached hydrogens (tertiary/aromatic N) is 2. The molecule has 0 atom stereocenters. The van der Waals surface area contributed by atoms with Crippen LogP contribution in [0.4, 0.5) is 0 Å². The van der Waals surface area contributed by atoms with Gasteiger partial charge in [-0.05, 0) is 0 Å². The van der Waals surface area contributed by atoms with Crippen LogP contribution in [0.5, 0.6) is 0 Å². The summed E-state index contributed by atoms with van der Waals surface area (Å²) < 4.78 is 0. The average Bonchev–Trinajstić information content (AvgIpc) is 1.66. The van der Waals surface area contributed by atoms with E-state index in [0.717, 1.165) is 0 Å². The Balaban J connectivity index is -0.0000000198. The third kappa shape index (κ3) is 2150. The maximum atomic E-state index is 8.25. The molecule has 0 aromatic heterocycles. The zero-order chi connectivity index (χ0) is 9.15. The van der Waals surface area contributed by atoms with Crippen molar-refractivity contribution < 1.29 is 54.9 Å². The van der Waals surface area contributed by atoms with Crippen molar-refractivity contribution in [3.8, 4) is 12.8 Å². The van der Waals surface area contributed by atoms with Crippen LogP contribution in [0.15, 0.2) is 0 Å².